The maximum absolute atomic E-state index is 3.62. The third-order valence-corrected chi connectivity index (χ3v) is 5.34. The zero-order chi connectivity index (χ0) is 11.2. The van der Waals surface area contributed by atoms with Gasteiger partial charge in [-0.3, -0.25) is 0 Å². The summed E-state index contributed by atoms with van der Waals surface area (Å²) >= 11 is 4.01. The molecule has 2 aromatic carbocycles. The summed E-state index contributed by atoms with van der Waals surface area (Å²) in [7, 11) is 0. The summed E-state index contributed by atoms with van der Waals surface area (Å²) in [5.74, 6) is 0. The molecule has 0 saturated heterocycles. The van der Waals surface area contributed by atoms with E-state index in [1.165, 1.54) is 14.5 Å². The molecule has 0 fully saturated rings. The van der Waals surface area contributed by atoms with Gasteiger partial charge in [0.15, 0.2) is 0 Å². The first-order valence-corrected chi connectivity index (χ1v) is 7.63. The second kappa shape index (κ2) is 6.05. The summed E-state index contributed by atoms with van der Waals surface area (Å²) in [6, 6.07) is 20.9. The van der Waals surface area contributed by atoms with Gasteiger partial charge in [0.05, 0.1) is 0 Å². The van der Waals surface area contributed by atoms with Gasteiger partial charge in [-0.05, 0) is 0 Å². The second-order valence-electron chi connectivity index (χ2n) is 3.26. The van der Waals surface area contributed by atoms with Gasteiger partial charge in [-0.25, -0.2) is 0 Å². The van der Waals surface area contributed by atoms with Crippen molar-refractivity contribution in [1.82, 2.24) is 0 Å². The van der Waals surface area contributed by atoms with Crippen LogP contribution in [0.5, 0.6) is 0 Å². The van der Waals surface area contributed by atoms with E-state index in [9.17, 15) is 0 Å². The fraction of sp³-hybridized carbons (Fsp3) is 0. The number of benzene rings is 2. The zero-order valence-electron chi connectivity index (χ0n) is 8.64. The summed E-state index contributed by atoms with van der Waals surface area (Å²) < 4.78 is 2.57. The van der Waals surface area contributed by atoms with Crippen LogP contribution in [0.15, 0.2) is 65.6 Å². The summed E-state index contributed by atoms with van der Waals surface area (Å²) in [6.45, 7) is 0. The number of hydrogen-bond acceptors (Lipinski definition) is 0. The molecule has 2 heteroatoms. The maximum atomic E-state index is 3.62. The third-order valence-electron chi connectivity index (χ3n) is 2.09. The van der Waals surface area contributed by atoms with E-state index < -0.39 is 0 Å². The van der Waals surface area contributed by atoms with Crippen molar-refractivity contribution in [2.75, 3.05) is 0 Å². The van der Waals surface area contributed by atoms with Crippen LogP contribution in [0.4, 0.5) is 0 Å². The molecule has 0 atom stereocenters. The molecule has 0 spiro atoms. The van der Waals surface area contributed by atoms with Gasteiger partial charge in [0.1, 0.15) is 0 Å². The minimum atomic E-state index is 0.385. The van der Waals surface area contributed by atoms with Gasteiger partial charge >= 0.3 is 111 Å². The molecule has 0 N–H and O–H groups in total. The Morgan fingerprint density at radius 1 is 0.875 bits per heavy atom. The average molecular weight is 338 g/mol. The van der Waals surface area contributed by atoms with E-state index in [2.05, 4.69) is 75.5 Å². The van der Waals surface area contributed by atoms with Crippen molar-refractivity contribution in [3.8, 4) is 0 Å². The van der Waals surface area contributed by atoms with Gasteiger partial charge in [-0.2, -0.15) is 0 Å². The van der Waals surface area contributed by atoms with Crippen LogP contribution in [0.25, 0.3) is 4.48 Å². The van der Waals surface area contributed by atoms with E-state index in [-0.39, 0.29) is 0 Å². The quantitative estimate of drug-likeness (QED) is 0.753. The van der Waals surface area contributed by atoms with Crippen molar-refractivity contribution in [3.05, 3.63) is 71.2 Å². The van der Waals surface area contributed by atoms with Crippen molar-refractivity contribution in [1.29, 1.82) is 0 Å². The van der Waals surface area contributed by atoms with E-state index in [0.717, 1.165) is 0 Å². The Balaban J connectivity index is 2.09. The first kappa shape index (κ1) is 11.7. The van der Waals surface area contributed by atoms with Crippen LogP contribution in [0, 0.1) is 0 Å². The van der Waals surface area contributed by atoms with Crippen molar-refractivity contribution in [2.45, 2.75) is 0 Å². The molecule has 0 aromatic heterocycles. The Hall–Kier alpha value is -0.821. The Labute approximate surface area is 111 Å². The number of halogens is 1. The summed E-state index contributed by atoms with van der Waals surface area (Å²) in [5.41, 5.74) is 1.24. The molecule has 0 aliphatic heterocycles. The van der Waals surface area contributed by atoms with Crippen LogP contribution in [-0.4, -0.2) is 15.0 Å². The molecule has 0 bridgehead atoms. The predicted octanol–water partition coefficient (Wildman–Crippen LogP) is 3.41. The fourth-order valence-electron chi connectivity index (χ4n) is 1.28. The van der Waals surface area contributed by atoms with Gasteiger partial charge in [0, 0.05) is 0 Å². The molecule has 16 heavy (non-hydrogen) atoms. The summed E-state index contributed by atoms with van der Waals surface area (Å²) in [6.07, 6.45) is 0. The molecule has 80 valence electrons. The minimum absolute atomic E-state index is 0.385. The van der Waals surface area contributed by atoms with Gasteiger partial charge in [-0.15, -0.1) is 0 Å². The molecular formula is C14H11BrSe. The van der Waals surface area contributed by atoms with Crippen LogP contribution >= 0.6 is 15.9 Å². The molecule has 2 aromatic rings. The SMILES string of the molecule is Br/C(=C/[Se]c1ccccc1)c1ccccc1. The topological polar surface area (TPSA) is 0 Å². The fourth-order valence-corrected chi connectivity index (χ4v) is 3.48. The molecule has 0 heterocycles. The predicted molar refractivity (Wildman–Crippen MR) is 75.2 cm³/mol. The molecule has 0 amide bonds. The first-order valence-electron chi connectivity index (χ1n) is 4.99. The molecule has 0 saturated carbocycles. The Bertz CT molecular complexity index is 463. The van der Waals surface area contributed by atoms with Crippen molar-refractivity contribution in [3.63, 3.8) is 0 Å². The Kier molecular flexibility index (Phi) is 4.41. The Morgan fingerprint density at radius 3 is 2.06 bits per heavy atom. The zero-order valence-corrected chi connectivity index (χ0v) is 11.9. The van der Waals surface area contributed by atoms with Gasteiger partial charge < -0.3 is 0 Å². The van der Waals surface area contributed by atoms with Crippen molar-refractivity contribution < 1.29 is 0 Å². The number of rotatable bonds is 3. The molecule has 2 rings (SSSR count). The van der Waals surface area contributed by atoms with Gasteiger partial charge in [0.2, 0.25) is 0 Å². The monoisotopic (exact) mass is 338 g/mol. The first-order chi connectivity index (χ1) is 7.86. The van der Waals surface area contributed by atoms with Gasteiger partial charge in [0.25, 0.3) is 0 Å². The molecule has 0 unspecified atom stereocenters. The van der Waals surface area contributed by atoms with Crippen LogP contribution in [0.2, 0.25) is 0 Å². The number of hydrogen-bond donors (Lipinski definition) is 0. The normalized spacial score (nSPS) is 11.4. The second-order valence-corrected chi connectivity index (χ2v) is 6.10. The molecule has 0 nitrogen and oxygen atoms in total. The van der Waals surface area contributed by atoms with Crippen LogP contribution in [-0.2, 0) is 0 Å². The van der Waals surface area contributed by atoms with Gasteiger partial charge in [-0.1, -0.05) is 0 Å². The van der Waals surface area contributed by atoms with E-state index in [1.54, 1.807) is 0 Å². The molecule has 0 aliphatic carbocycles. The van der Waals surface area contributed by atoms with E-state index in [4.69, 9.17) is 0 Å². The van der Waals surface area contributed by atoms with E-state index in [0.29, 0.717) is 15.0 Å². The van der Waals surface area contributed by atoms with Crippen LogP contribution in [0.1, 0.15) is 5.56 Å². The summed E-state index contributed by atoms with van der Waals surface area (Å²) in [4.78, 5) is 2.26. The van der Waals surface area contributed by atoms with E-state index >= 15 is 0 Å². The van der Waals surface area contributed by atoms with Crippen LogP contribution < -0.4 is 4.46 Å². The van der Waals surface area contributed by atoms with Crippen LogP contribution in [0.3, 0.4) is 0 Å². The molecular weight excluding hydrogens is 327 g/mol. The van der Waals surface area contributed by atoms with Crippen molar-refractivity contribution >= 4 is 39.8 Å². The standard InChI is InChI=1S/C14H11BrSe/c15-14(12-7-3-1-4-8-12)11-16-13-9-5-2-6-10-13/h1-11H/b14-11+. The average Bonchev–Trinajstić information content (AvgIpc) is 2.38. The van der Waals surface area contributed by atoms with Crippen molar-refractivity contribution in [2.24, 2.45) is 0 Å². The molecule has 0 radical (unpaired) electrons. The molecule has 0 aliphatic rings. The van der Waals surface area contributed by atoms with E-state index in [1.807, 2.05) is 6.07 Å². The summed E-state index contributed by atoms with van der Waals surface area (Å²) in [5, 5.41) is 0. The Morgan fingerprint density at radius 2 is 1.44 bits per heavy atom. The third kappa shape index (κ3) is 3.34.